The molecule has 12 nitrogen and oxygen atoms in total. The molecule has 0 bridgehead atoms. The smallest absolute Gasteiger partial charge is 0.409 e. The van der Waals surface area contributed by atoms with Crippen molar-refractivity contribution in [2.24, 2.45) is 23.7 Å². The number of piperidine rings is 1. The van der Waals surface area contributed by atoms with Gasteiger partial charge < -0.3 is 29.9 Å². The van der Waals surface area contributed by atoms with Gasteiger partial charge in [0.15, 0.2) is 5.82 Å². The van der Waals surface area contributed by atoms with Crippen LogP contribution in [-0.2, 0) is 14.3 Å². The predicted octanol–water partition coefficient (Wildman–Crippen LogP) is 1.97. The molecule has 41 heavy (non-hydrogen) atoms. The fourth-order valence-electron chi connectivity index (χ4n) is 5.76. The molecule has 2 saturated heterocycles. The van der Waals surface area contributed by atoms with E-state index >= 15 is 0 Å². The van der Waals surface area contributed by atoms with Gasteiger partial charge in [-0.2, -0.15) is 0 Å². The molecule has 1 saturated carbocycles. The van der Waals surface area contributed by atoms with Gasteiger partial charge in [-0.1, -0.05) is 44.2 Å². The SMILES string of the molecule is CCOC(=O)N1CCN(C(=O)[C@@H](NC(=O)c2cc(N3CC4C(C3)C4C(=O)O)nc(-c3ccccc3)n2)C(C)C)CC1. The van der Waals surface area contributed by atoms with E-state index in [4.69, 9.17) is 9.72 Å². The number of hydrogen-bond acceptors (Lipinski definition) is 8. The lowest BCUT2D eigenvalue weighted by Crippen LogP contribution is -2.57. The molecule has 3 atom stereocenters. The molecule has 12 heteroatoms. The summed E-state index contributed by atoms with van der Waals surface area (Å²) in [7, 11) is 0. The molecule has 1 aliphatic carbocycles. The third kappa shape index (κ3) is 5.96. The number of benzene rings is 1. The highest BCUT2D eigenvalue weighted by Crippen LogP contribution is 2.52. The van der Waals surface area contributed by atoms with Crippen molar-refractivity contribution in [1.29, 1.82) is 0 Å². The van der Waals surface area contributed by atoms with Gasteiger partial charge in [-0.25, -0.2) is 14.8 Å². The first-order chi connectivity index (χ1) is 19.7. The van der Waals surface area contributed by atoms with E-state index in [1.54, 1.807) is 22.8 Å². The lowest BCUT2D eigenvalue weighted by molar-refractivity contribution is -0.139. The number of nitrogens with zero attached hydrogens (tertiary/aromatic N) is 5. The summed E-state index contributed by atoms with van der Waals surface area (Å²) in [6, 6.07) is 10.2. The molecule has 3 fully saturated rings. The maximum absolute atomic E-state index is 13.6. The highest BCUT2D eigenvalue weighted by molar-refractivity contribution is 5.97. The van der Waals surface area contributed by atoms with E-state index in [9.17, 15) is 24.3 Å². The van der Waals surface area contributed by atoms with Crippen molar-refractivity contribution in [3.8, 4) is 11.4 Å². The molecule has 2 aromatic rings. The second-order valence-corrected chi connectivity index (χ2v) is 11.1. The summed E-state index contributed by atoms with van der Waals surface area (Å²) in [5.74, 6) is -0.888. The number of fused-ring (bicyclic) bond motifs is 1. The first-order valence-electron chi connectivity index (χ1n) is 14.1. The minimum atomic E-state index is -0.786. The van der Waals surface area contributed by atoms with Gasteiger partial charge in [0, 0.05) is 50.9 Å². The first-order valence-corrected chi connectivity index (χ1v) is 14.1. The number of aliphatic carboxylic acids is 1. The van der Waals surface area contributed by atoms with Crippen molar-refractivity contribution in [3.63, 3.8) is 0 Å². The van der Waals surface area contributed by atoms with Gasteiger partial charge in [0.25, 0.3) is 5.91 Å². The molecular formula is C29H36N6O6. The summed E-state index contributed by atoms with van der Waals surface area (Å²) >= 11 is 0. The number of aromatic nitrogens is 2. The van der Waals surface area contributed by atoms with Crippen molar-refractivity contribution in [2.45, 2.75) is 26.8 Å². The molecule has 2 N–H and O–H groups in total. The molecule has 2 aliphatic heterocycles. The number of carbonyl (C=O) groups excluding carboxylic acids is 3. The third-order valence-electron chi connectivity index (χ3n) is 8.12. The minimum absolute atomic E-state index is 0.0761. The second-order valence-electron chi connectivity index (χ2n) is 11.1. The van der Waals surface area contributed by atoms with E-state index < -0.39 is 24.0 Å². The number of carbonyl (C=O) groups is 4. The zero-order valence-electron chi connectivity index (χ0n) is 23.5. The van der Waals surface area contributed by atoms with Gasteiger partial charge >= 0.3 is 12.1 Å². The van der Waals surface area contributed by atoms with Gasteiger partial charge in [-0.15, -0.1) is 0 Å². The number of anilines is 1. The van der Waals surface area contributed by atoms with Crippen molar-refractivity contribution >= 4 is 29.7 Å². The minimum Gasteiger partial charge on any atom is -0.481 e. The van der Waals surface area contributed by atoms with Gasteiger partial charge in [-0.3, -0.25) is 14.4 Å². The fraction of sp³-hybridized carbons (Fsp3) is 0.517. The molecule has 3 aliphatic rings. The van der Waals surface area contributed by atoms with E-state index in [1.165, 1.54) is 0 Å². The Hall–Kier alpha value is -4.22. The molecule has 5 rings (SSSR count). The Kier molecular flexibility index (Phi) is 8.09. The van der Waals surface area contributed by atoms with Crippen LogP contribution in [0.15, 0.2) is 36.4 Å². The van der Waals surface area contributed by atoms with Gasteiger partial charge in [0.2, 0.25) is 5.91 Å². The van der Waals surface area contributed by atoms with Gasteiger partial charge in [0.05, 0.1) is 12.5 Å². The molecular weight excluding hydrogens is 528 g/mol. The Bertz CT molecular complexity index is 1300. The fourth-order valence-corrected chi connectivity index (χ4v) is 5.76. The number of piperazine rings is 1. The number of rotatable bonds is 8. The lowest BCUT2D eigenvalue weighted by Gasteiger charge is -2.36. The standard InChI is InChI=1S/C29H36N6O6/c1-4-41-29(40)34-12-10-33(11-13-34)27(37)24(17(2)3)32-26(36)21-14-22(31-25(30-21)18-8-6-5-7-9-18)35-15-19-20(16-35)23(19)28(38)39/h5-9,14,17,19-20,23-24H,4,10-13,15-16H2,1-3H3,(H,32,36)(H,38,39)/t19?,20?,23?,24-/m0/s1. The normalized spacial score (nSPS) is 22.2. The van der Waals surface area contributed by atoms with Crippen molar-refractivity contribution in [2.75, 3.05) is 50.8 Å². The van der Waals surface area contributed by atoms with Crippen LogP contribution < -0.4 is 10.2 Å². The molecule has 0 radical (unpaired) electrons. The second kappa shape index (κ2) is 11.7. The van der Waals surface area contributed by atoms with Crippen LogP contribution in [0.3, 0.4) is 0 Å². The van der Waals surface area contributed by atoms with Crippen molar-refractivity contribution in [3.05, 3.63) is 42.1 Å². The molecule has 1 aromatic carbocycles. The zero-order valence-corrected chi connectivity index (χ0v) is 23.5. The summed E-state index contributed by atoms with van der Waals surface area (Å²) in [6.07, 6.45) is -0.393. The van der Waals surface area contributed by atoms with Gasteiger partial charge in [-0.05, 0) is 24.7 Å². The van der Waals surface area contributed by atoms with E-state index in [-0.39, 0.29) is 41.9 Å². The number of carboxylic acid groups (broad SMARTS) is 1. The average molecular weight is 565 g/mol. The Morgan fingerprint density at radius 1 is 1.00 bits per heavy atom. The van der Waals surface area contributed by atoms with Crippen LogP contribution in [0.4, 0.5) is 10.6 Å². The number of nitrogens with one attached hydrogen (secondary N) is 1. The zero-order chi connectivity index (χ0) is 29.3. The predicted molar refractivity (Wildman–Crippen MR) is 149 cm³/mol. The van der Waals surface area contributed by atoms with Crippen molar-refractivity contribution < 1.29 is 29.0 Å². The Balaban J connectivity index is 1.33. The summed E-state index contributed by atoms with van der Waals surface area (Å²) in [6.45, 7) is 8.30. The van der Waals surface area contributed by atoms with Crippen LogP contribution in [0.2, 0.25) is 0 Å². The summed E-state index contributed by atoms with van der Waals surface area (Å²) in [4.78, 5) is 65.1. The summed E-state index contributed by atoms with van der Waals surface area (Å²) in [5, 5.41) is 12.3. The number of amides is 3. The summed E-state index contributed by atoms with van der Waals surface area (Å²) < 4.78 is 5.06. The van der Waals surface area contributed by atoms with Crippen LogP contribution >= 0.6 is 0 Å². The summed E-state index contributed by atoms with van der Waals surface area (Å²) in [5.41, 5.74) is 0.877. The van der Waals surface area contributed by atoms with Crippen LogP contribution in [0.1, 0.15) is 31.3 Å². The average Bonchev–Trinajstić information content (AvgIpc) is 3.49. The van der Waals surface area contributed by atoms with Gasteiger partial charge in [0.1, 0.15) is 17.6 Å². The monoisotopic (exact) mass is 564 g/mol. The molecule has 1 aromatic heterocycles. The third-order valence-corrected chi connectivity index (χ3v) is 8.12. The Labute approximate surface area is 238 Å². The molecule has 3 heterocycles. The first kappa shape index (κ1) is 28.3. The van der Waals surface area contributed by atoms with Crippen LogP contribution in [0, 0.1) is 23.7 Å². The highest BCUT2D eigenvalue weighted by Gasteiger charge is 2.60. The molecule has 2 unspecified atom stereocenters. The van der Waals surface area contributed by atoms with Crippen LogP contribution in [0.5, 0.6) is 0 Å². The molecule has 218 valence electrons. The lowest BCUT2D eigenvalue weighted by atomic mass is 10.0. The van der Waals surface area contributed by atoms with Crippen molar-refractivity contribution in [1.82, 2.24) is 25.1 Å². The number of ether oxygens (including phenoxy) is 1. The van der Waals surface area contributed by atoms with Crippen LogP contribution in [0.25, 0.3) is 11.4 Å². The number of hydrogen-bond donors (Lipinski definition) is 2. The van der Waals surface area contributed by atoms with E-state index in [0.29, 0.717) is 50.9 Å². The highest BCUT2D eigenvalue weighted by atomic mass is 16.6. The van der Waals surface area contributed by atoms with Crippen LogP contribution in [-0.4, -0.2) is 101 Å². The topological polar surface area (TPSA) is 145 Å². The maximum atomic E-state index is 13.6. The Morgan fingerprint density at radius 3 is 2.22 bits per heavy atom. The quantitative estimate of drug-likeness (QED) is 0.491. The maximum Gasteiger partial charge on any atom is 0.409 e. The largest absolute Gasteiger partial charge is 0.481 e. The van der Waals surface area contributed by atoms with E-state index in [0.717, 1.165) is 5.56 Å². The molecule has 3 amide bonds. The van der Waals surface area contributed by atoms with E-state index in [1.807, 2.05) is 49.1 Å². The number of carboxylic acids is 1. The Morgan fingerprint density at radius 2 is 1.63 bits per heavy atom. The van der Waals surface area contributed by atoms with E-state index in [2.05, 4.69) is 10.3 Å². The molecule has 0 spiro atoms.